The number of ketones is 1. The van der Waals surface area contributed by atoms with Crippen molar-refractivity contribution in [3.63, 3.8) is 0 Å². The van der Waals surface area contributed by atoms with E-state index in [0.29, 0.717) is 49.9 Å². The van der Waals surface area contributed by atoms with Gasteiger partial charge in [0, 0.05) is 54.8 Å². The van der Waals surface area contributed by atoms with E-state index in [1.54, 1.807) is 24.7 Å². The van der Waals surface area contributed by atoms with Crippen molar-refractivity contribution in [3.05, 3.63) is 78.1 Å². The second kappa shape index (κ2) is 11.9. The third-order valence-electron chi connectivity index (χ3n) is 8.16. The van der Waals surface area contributed by atoms with Crippen LogP contribution in [0.15, 0.2) is 61.2 Å². The Morgan fingerprint density at radius 3 is 2.67 bits per heavy atom. The molecule has 1 saturated carbocycles. The van der Waals surface area contributed by atoms with Crippen molar-refractivity contribution >= 4 is 17.7 Å². The van der Waals surface area contributed by atoms with Gasteiger partial charge in [-0.05, 0) is 56.7 Å². The maximum Gasteiger partial charge on any atom is 0.339 e. The van der Waals surface area contributed by atoms with E-state index in [0.717, 1.165) is 42.8 Å². The monoisotopic (exact) mass is 528 g/mol. The lowest BCUT2D eigenvalue weighted by Crippen LogP contribution is -2.40. The fourth-order valence-corrected chi connectivity index (χ4v) is 5.90. The predicted octanol–water partition coefficient (Wildman–Crippen LogP) is 5.61. The third kappa shape index (κ3) is 5.79. The summed E-state index contributed by atoms with van der Waals surface area (Å²) in [5, 5.41) is 3.31. The van der Waals surface area contributed by atoms with Gasteiger partial charge in [0.15, 0.2) is 0 Å². The lowest BCUT2D eigenvalue weighted by atomic mass is 9.75. The van der Waals surface area contributed by atoms with Crippen LogP contribution in [0.2, 0.25) is 0 Å². The Morgan fingerprint density at radius 1 is 1.10 bits per heavy atom. The molecule has 1 aliphatic heterocycles. The molecule has 0 saturated heterocycles. The molecule has 0 bridgehead atoms. The van der Waals surface area contributed by atoms with Crippen molar-refractivity contribution in [1.29, 1.82) is 0 Å². The molecule has 3 aromatic rings. The molecular formula is C31H36N4O4. The number of unbranched alkanes of at least 4 members (excludes halogenated alkanes) is 2. The Hall–Kier alpha value is -3.81. The van der Waals surface area contributed by atoms with Crippen LogP contribution in [0.25, 0.3) is 5.69 Å². The summed E-state index contributed by atoms with van der Waals surface area (Å²) in [6.45, 7) is 1.90. The zero-order valence-corrected chi connectivity index (χ0v) is 22.5. The molecule has 1 amide bonds. The number of pyridine rings is 1. The van der Waals surface area contributed by atoms with Crippen LogP contribution in [0.4, 0.5) is 0 Å². The molecule has 1 N–H and O–H groups in total. The van der Waals surface area contributed by atoms with Crippen LogP contribution in [-0.2, 0) is 19.9 Å². The summed E-state index contributed by atoms with van der Waals surface area (Å²) in [6.07, 6.45) is 14.1. The Bertz CT molecular complexity index is 1310. The van der Waals surface area contributed by atoms with Crippen LogP contribution in [0, 0.1) is 5.92 Å². The number of carbonyl (C=O) groups excluding carboxylic acids is 3. The van der Waals surface area contributed by atoms with Crippen molar-refractivity contribution in [3.8, 4) is 5.69 Å². The highest BCUT2D eigenvalue weighted by atomic mass is 16.6. The van der Waals surface area contributed by atoms with Gasteiger partial charge in [0.25, 0.3) is 0 Å². The number of rotatable bonds is 11. The quantitative estimate of drug-likeness (QED) is 0.256. The Balaban J connectivity index is 1.26. The van der Waals surface area contributed by atoms with Gasteiger partial charge in [-0.15, -0.1) is 0 Å². The van der Waals surface area contributed by atoms with Crippen LogP contribution >= 0.6 is 0 Å². The number of aromatic nitrogens is 3. The summed E-state index contributed by atoms with van der Waals surface area (Å²) >= 11 is 0. The summed E-state index contributed by atoms with van der Waals surface area (Å²) in [4.78, 5) is 46.6. The smallest absolute Gasteiger partial charge is 0.339 e. The van der Waals surface area contributed by atoms with Gasteiger partial charge < -0.3 is 14.6 Å². The number of Topliss-reactive ketones (excluding diaryl/α,β-unsaturated/α-hetero) is 1. The number of imidazole rings is 1. The maximum absolute atomic E-state index is 13.6. The Kier molecular flexibility index (Phi) is 8.19. The minimum Gasteiger partial charge on any atom is -0.450 e. The first-order valence-electron chi connectivity index (χ1n) is 14.1. The first-order chi connectivity index (χ1) is 19.0. The van der Waals surface area contributed by atoms with E-state index in [1.807, 2.05) is 48.0 Å². The third-order valence-corrected chi connectivity index (χ3v) is 8.16. The van der Waals surface area contributed by atoms with E-state index in [9.17, 15) is 14.4 Å². The molecule has 8 nitrogen and oxygen atoms in total. The highest BCUT2D eigenvalue weighted by Crippen LogP contribution is 2.47. The molecule has 2 aliphatic rings. The van der Waals surface area contributed by atoms with E-state index < -0.39 is 5.60 Å². The van der Waals surface area contributed by atoms with Gasteiger partial charge in [-0.1, -0.05) is 38.0 Å². The summed E-state index contributed by atoms with van der Waals surface area (Å²) in [7, 11) is 0. The normalized spacial score (nSPS) is 20.8. The predicted molar refractivity (Wildman–Crippen MR) is 146 cm³/mol. The topological polar surface area (TPSA) is 103 Å². The fourth-order valence-electron chi connectivity index (χ4n) is 5.90. The van der Waals surface area contributed by atoms with Gasteiger partial charge in [0.2, 0.25) is 5.91 Å². The molecule has 8 heteroatoms. The molecule has 39 heavy (non-hydrogen) atoms. The summed E-state index contributed by atoms with van der Waals surface area (Å²) in [6, 6.07) is 11.5. The first kappa shape index (κ1) is 26.8. The van der Waals surface area contributed by atoms with Crippen LogP contribution in [0.5, 0.6) is 0 Å². The van der Waals surface area contributed by atoms with E-state index in [-0.39, 0.29) is 23.8 Å². The van der Waals surface area contributed by atoms with Gasteiger partial charge in [0.05, 0.1) is 11.6 Å². The lowest BCUT2D eigenvalue weighted by Gasteiger charge is -2.36. The maximum atomic E-state index is 13.6. The molecule has 5 rings (SSSR count). The Labute approximate surface area is 229 Å². The number of carbonyl (C=O) groups is 3. The number of fused-ring (bicyclic) bond motifs is 2. The van der Waals surface area contributed by atoms with Crippen molar-refractivity contribution in [2.45, 2.75) is 82.8 Å². The number of amides is 1. The number of ether oxygens (including phenoxy) is 1. The van der Waals surface area contributed by atoms with Crippen LogP contribution < -0.4 is 5.32 Å². The SMILES string of the molecule is CCC(=O)CCCCC[C@H](NC(=O)C1CCC2(CC1)OC(=O)c1ccncc12)c1nccn1-c1ccccc1. The molecule has 1 atom stereocenters. The molecule has 1 spiro atoms. The van der Waals surface area contributed by atoms with Crippen molar-refractivity contribution in [1.82, 2.24) is 19.9 Å². The molecule has 1 aromatic carbocycles. The summed E-state index contributed by atoms with van der Waals surface area (Å²) < 4.78 is 7.88. The van der Waals surface area contributed by atoms with Gasteiger partial charge in [-0.2, -0.15) is 0 Å². The second-order valence-electron chi connectivity index (χ2n) is 10.6. The first-order valence-corrected chi connectivity index (χ1v) is 14.1. The minimum absolute atomic E-state index is 0.00866. The van der Waals surface area contributed by atoms with Crippen molar-refractivity contribution < 1.29 is 19.1 Å². The van der Waals surface area contributed by atoms with E-state index >= 15 is 0 Å². The van der Waals surface area contributed by atoms with Gasteiger partial charge in [-0.3, -0.25) is 14.6 Å². The molecular weight excluding hydrogens is 492 g/mol. The number of esters is 1. The van der Waals surface area contributed by atoms with Gasteiger partial charge in [0.1, 0.15) is 17.2 Å². The number of hydrogen-bond acceptors (Lipinski definition) is 6. The molecule has 3 heterocycles. The number of para-hydroxylation sites is 1. The molecule has 0 radical (unpaired) electrons. The molecule has 1 fully saturated rings. The van der Waals surface area contributed by atoms with E-state index in [4.69, 9.17) is 4.74 Å². The highest BCUT2D eigenvalue weighted by molar-refractivity contribution is 5.94. The number of nitrogens with zero attached hydrogens (tertiary/aromatic N) is 3. The molecule has 1 aliphatic carbocycles. The largest absolute Gasteiger partial charge is 0.450 e. The van der Waals surface area contributed by atoms with Crippen molar-refractivity contribution in [2.24, 2.45) is 5.92 Å². The van der Waals surface area contributed by atoms with Gasteiger partial charge in [-0.25, -0.2) is 9.78 Å². The minimum atomic E-state index is -0.670. The summed E-state index contributed by atoms with van der Waals surface area (Å²) in [5.74, 6) is 0.634. The molecule has 2 aromatic heterocycles. The van der Waals surface area contributed by atoms with Crippen LogP contribution in [0.1, 0.15) is 98.9 Å². The zero-order valence-electron chi connectivity index (χ0n) is 22.5. The lowest BCUT2D eigenvalue weighted by molar-refractivity contribution is -0.129. The fraction of sp³-hybridized carbons (Fsp3) is 0.452. The van der Waals surface area contributed by atoms with E-state index in [2.05, 4.69) is 15.3 Å². The number of nitrogens with one attached hydrogen (secondary N) is 1. The summed E-state index contributed by atoms with van der Waals surface area (Å²) in [5.41, 5.74) is 1.75. The van der Waals surface area contributed by atoms with Gasteiger partial charge >= 0.3 is 5.97 Å². The van der Waals surface area contributed by atoms with Crippen LogP contribution in [0.3, 0.4) is 0 Å². The zero-order chi connectivity index (χ0) is 27.2. The number of benzene rings is 1. The van der Waals surface area contributed by atoms with E-state index in [1.165, 1.54) is 0 Å². The standard InChI is InChI=1S/C31H36N4O4/c1-2-24(36)11-7-4-8-12-27(28-33-19-20-35(28)23-9-5-3-6-10-23)34-29(37)22-13-16-31(17-14-22)26-21-32-18-15-25(26)30(38)39-31/h3,5-6,9-10,15,18-22,27H,2,4,7-8,11-14,16-17H2,1H3,(H,34,37)/t22?,27-,31?/m0/s1. The molecule has 204 valence electrons. The second-order valence-corrected chi connectivity index (χ2v) is 10.6. The average molecular weight is 529 g/mol. The van der Waals surface area contributed by atoms with Crippen molar-refractivity contribution in [2.75, 3.05) is 0 Å². The van der Waals surface area contributed by atoms with Crippen LogP contribution in [-0.4, -0.2) is 32.2 Å². The average Bonchev–Trinajstić information content (AvgIpc) is 3.56. The number of hydrogen-bond donors (Lipinski definition) is 1. The highest BCUT2D eigenvalue weighted by Gasteiger charge is 2.48. The molecule has 0 unspecified atom stereocenters. The Morgan fingerprint density at radius 2 is 1.90 bits per heavy atom.